The molecule has 0 amide bonds. The molecule has 2 nitrogen and oxygen atoms in total. The number of ether oxygens (including phenoxy) is 1. The maximum atomic E-state index is 5.75. The second-order valence-corrected chi connectivity index (χ2v) is 3.81. The van der Waals surface area contributed by atoms with E-state index in [4.69, 9.17) is 10.5 Å². The molecule has 1 aromatic carbocycles. The van der Waals surface area contributed by atoms with E-state index in [0.29, 0.717) is 6.61 Å². The summed E-state index contributed by atoms with van der Waals surface area (Å²) in [6.07, 6.45) is 3.09. The Hall–Kier alpha value is -1.28. The molecule has 0 aromatic heterocycles. The van der Waals surface area contributed by atoms with Crippen LogP contribution in [0, 0.1) is 0 Å². The van der Waals surface area contributed by atoms with Crippen molar-refractivity contribution in [2.45, 2.75) is 19.4 Å². The predicted molar refractivity (Wildman–Crippen MR) is 58.2 cm³/mol. The minimum atomic E-state index is 0.204. The van der Waals surface area contributed by atoms with Gasteiger partial charge in [-0.1, -0.05) is 18.2 Å². The zero-order chi connectivity index (χ0) is 9.97. The van der Waals surface area contributed by atoms with Crippen LogP contribution in [0.5, 0.6) is 5.75 Å². The van der Waals surface area contributed by atoms with Crippen molar-refractivity contribution in [2.75, 3.05) is 6.61 Å². The van der Waals surface area contributed by atoms with E-state index in [1.807, 2.05) is 25.1 Å². The van der Waals surface area contributed by atoms with Gasteiger partial charge in [0.15, 0.2) is 0 Å². The summed E-state index contributed by atoms with van der Waals surface area (Å²) in [5.74, 6) is 0.973. The summed E-state index contributed by atoms with van der Waals surface area (Å²) >= 11 is 0. The van der Waals surface area contributed by atoms with Gasteiger partial charge in [-0.3, -0.25) is 0 Å². The third kappa shape index (κ3) is 1.96. The maximum absolute atomic E-state index is 5.75. The molecule has 0 spiro atoms. The van der Waals surface area contributed by atoms with Crippen LogP contribution in [-0.2, 0) is 0 Å². The third-order valence-corrected chi connectivity index (χ3v) is 2.28. The quantitative estimate of drug-likeness (QED) is 0.774. The normalized spacial score (nSPS) is 16.6. The number of rotatable bonds is 2. The number of para-hydroxylation sites is 1. The molecule has 2 N–H and O–H groups in total. The Kier molecular flexibility index (Phi) is 2.55. The van der Waals surface area contributed by atoms with Crippen LogP contribution in [0.1, 0.15) is 18.9 Å². The maximum Gasteiger partial charge on any atom is 0.127 e. The van der Waals surface area contributed by atoms with Crippen molar-refractivity contribution in [3.63, 3.8) is 0 Å². The summed E-state index contributed by atoms with van der Waals surface area (Å²) in [5, 5.41) is 0. The monoisotopic (exact) mass is 189 g/mol. The topological polar surface area (TPSA) is 35.2 Å². The molecule has 0 saturated heterocycles. The number of benzene rings is 1. The van der Waals surface area contributed by atoms with Crippen LogP contribution in [0.2, 0.25) is 0 Å². The number of fused-ring (bicyclic) bond motifs is 1. The summed E-state index contributed by atoms with van der Waals surface area (Å²) in [6.45, 7) is 2.69. The predicted octanol–water partition coefficient (Wildman–Crippen LogP) is 2.20. The fraction of sp³-hybridized carbons (Fsp3) is 0.333. The third-order valence-electron chi connectivity index (χ3n) is 2.28. The van der Waals surface area contributed by atoms with Gasteiger partial charge in [-0.25, -0.2) is 0 Å². The molecule has 0 bridgehead atoms. The van der Waals surface area contributed by atoms with Gasteiger partial charge < -0.3 is 10.5 Å². The van der Waals surface area contributed by atoms with Gasteiger partial charge in [0.2, 0.25) is 0 Å². The van der Waals surface area contributed by atoms with E-state index < -0.39 is 0 Å². The molecule has 1 aromatic rings. The van der Waals surface area contributed by atoms with E-state index in [1.165, 1.54) is 5.57 Å². The highest BCUT2D eigenvalue weighted by atomic mass is 16.5. The van der Waals surface area contributed by atoms with Crippen LogP contribution in [0.4, 0.5) is 0 Å². The molecule has 1 aliphatic heterocycles. The minimum Gasteiger partial charge on any atom is -0.489 e. The second-order valence-electron chi connectivity index (χ2n) is 3.81. The molecule has 1 aliphatic rings. The van der Waals surface area contributed by atoms with Gasteiger partial charge in [0.1, 0.15) is 12.4 Å². The van der Waals surface area contributed by atoms with E-state index in [0.717, 1.165) is 17.7 Å². The van der Waals surface area contributed by atoms with E-state index in [1.54, 1.807) is 0 Å². The lowest BCUT2D eigenvalue weighted by molar-refractivity contribution is 0.340. The Morgan fingerprint density at radius 1 is 1.43 bits per heavy atom. The molecule has 14 heavy (non-hydrogen) atoms. The molecular weight excluding hydrogens is 174 g/mol. The summed E-state index contributed by atoms with van der Waals surface area (Å²) in [4.78, 5) is 0. The molecule has 0 aliphatic carbocycles. The van der Waals surface area contributed by atoms with Crippen molar-refractivity contribution in [3.8, 4) is 5.75 Å². The second kappa shape index (κ2) is 3.84. The van der Waals surface area contributed by atoms with Crippen molar-refractivity contribution >= 4 is 6.08 Å². The first kappa shape index (κ1) is 9.28. The lowest BCUT2D eigenvalue weighted by Gasteiger charge is -2.18. The highest BCUT2D eigenvalue weighted by molar-refractivity contribution is 5.62. The Morgan fingerprint density at radius 2 is 2.21 bits per heavy atom. The molecule has 0 radical (unpaired) electrons. The molecule has 0 fully saturated rings. The fourth-order valence-corrected chi connectivity index (χ4v) is 1.69. The van der Waals surface area contributed by atoms with E-state index in [9.17, 15) is 0 Å². The Morgan fingerprint density at radius 3 is 3.00 bits per heavy atom. The van der Waals surface area contributed by atoms with Crippen molar-refractivity contribution in [1.82, 2.24) is 0 Å². The fourth-order valence-electron chi connectivity index (χ4n) is 1.69. The van der Waals surface area contributed by atoms with Crippen LogP contribution >= 0.6 is 0 Å². The first-order chi connectivity index (χ1) is 6.75. The van der Waals surface area contributed by atoms with Gasteiger partial charge in [0, 0.05) is 11.6 Å². The molecule has 2 rings (SSSR count). The van der Waals surface area contributed by atoms with Crippen molar-refractivity contribution in [3.05, 3.63) is 35.4 Å². The molecule has 2 heteroatoms. The van der Waals surface area contributed by atoms with E-state index in [2.05, 4.69) is 12.1 Å². The summed E-state index contributed by atoms with van der Waals surface area (Å²) in [5.41, 5.74) is 8.18. The minimum absolute atomic E-state index is 0.204. The summed E-state index contributed by atoms with van der Waals surface area (Å²) in [7, 11) is 0. The van der Waals surface area contributed by atoms with Crippen LogP contribution in [0.25, 0.3) is 6.08 Å². The van der Waals surface area contributed by atoms with Crippen molar-refractivity contribution in [2.24, 2.45) is 5.73 Å². The SMILES string of the molecule is CC(N)CC1=Cc2ccccc2OC1. The van der Waals surface area contributed by atoms with E-state index >= 15 is 0 Å². The zero-order valence-corrected chi connectivity index (χ0v) is 8.36. The first-order valence-electron chi connectivity index (χ1n) is 4.92. The molecule has 1 heterocycles. The molecule has 1 unspecified atom stereocenters. The smallest absolute Gasteiger partial charge is 0.127 e. The number of nitrogens with two attached hydrogens (primary N) is 1. The lowest BCUT2D eigenvalue weighted by atomic mass is 10.0. The van der Waals surface area contributed by atoms with Gasteiger partial charge in [-0.15, -0.1) is 0 Å². The number of hydrogen-bond acceptors (Lipinski definition) is 2. The standard InChI is InChI=1S/C12H15NO/c1-9(13)6-10-7-11-4-2-3-5-12(11)14-8-10/h2-5,7,9H,6,8,13H2,1H3. The van der Waals surface area contributed by atoms with Crippen LogP contribution in [-0.4, -0.2) is 12.6 Å². The van der Waals surface area contributed by atoms with E-state index in [-0.39, 0.29) is 6.04 Å². The Labute approximate surface area is 84.4 Å². The zero-order valence-electron chi connectivity index (χ0n) is 8.36. The highest BCUT2D eigenvalue weighted by Gasteiger charge is 2.11. The average Bonchev–Trinajstić information content (AvgIpc) is 2.17. The average molecular weight is 189 g/mol. The van der Waals surface area contributed by atoms with Gasteiger partial charge in [0.25, 0.3) is 0 Å². The van der Waals surface area contributed by atoms with Crippen LogP contribution in [0.3, 0.4) is 0 Å². The molecule has 0 saturated carbocycles. The van der Waals surface area contributed by atoms with Gasteiger partial charge in [0.05, 0.1) is 0 Å². The largest absolute Gasteiger partial charge is 0.489 e. The Bertz CT molecular complexity index is 355. The summed E-state index contributed by atoms with van der Waals surface area (Å²) in [6, 6.07) is 8.27. The lowest BCUT2D eigenvalue weighted by Crippen LogP contribution is -2.19. The highest BCUT2D eigenvalue weighted by Crippen LogP contribution is 2.26. The van der Waals surface area contributed by atoms with Gasteiger partial charge in [-0.05, 0) is 31.1 Å². The summed E-state index contributed by atoms with van der Waals surface area (Å²) < 4.78 is 5.61. The first-order valence-corrected chi connectivity index (χ1v) is 4.92. The molecular formula is C12H15NO. The van der Waals surface area contributed by atoms with Gasteiger partial charge in [-0.2, -0.15) is 0 Å². The molecule has 1 atom stereocenters. The Balaban J connectivity index is 2.22. The van der Waals surface area contributed by atoms with Gasteiger partial charge >= 0.3 is 0 Å². The van der Waals surface area contributed by atoms with Crippen molar-refractivity contribution in [1.29, 1.82) is 0 Å². The van der Waals surface area contributed by atoms with Crippen LogP contribution < -0.4 is 10.5 Å². The number of hydrogen-bond donors (Lipinski definition) is 1. The van der Waals surface area contributed by atoms with Crippen LogP contribution in [0.15, 0.2) is 29.8 Å². The van der Waals surface area contributed by atoms with Crippen molar-refractivity contribution < 1.29 is 4.74 Å². The molecule has 74 valence electrons.